The Morgan fingerprint density at radius 3 is 3.06 bits per heavy atom. The van der Waals surface area contributed by atoms with E-state index in [1.165, 1.54) is 25.7 Å². The molecule has 1 aromatic heterocycles. The lowest BCUT2D eigenvalue weighted by molar-refractivity contribution is 0.389. The monoisotopic (exact) mass is 266 g/mol. The highest BCUT2D eigenvalue weighted by Gasteiger charge is 2.25. The first-order valence-corrected chi connectivity index (χ1v) is 7.14. The van der Waals surface area contributed by atoms with Crippen molar-refractivity contribution < 1.29 is 0 Å². The van der Waals surface area contributed by atoms with Crippen LogP contribution in [0.4, 0.5) is 5.82 Å². The van der Waals surface area contributed by atoms with Crippen molar-refractivity contribution in [2.45, 2.75) is 31.7 Å². The molecule has 1 aliphatic heterocycles. The highest BCUT2D eigenvalue weighted by Crippen LogP contribution is 2.27. The third-order valence-corrected chi connectivity index (χ3v) is 4.01. The van der Waals surface area contributed by atoms with Gasteiger partial charge in [-0.25, -0.2) is 9.97 Å². The zero-order valence-corrected chi connectivity index (χ0v) is 11.2. The highest BCUT2D eigenvalue weighted by atomic mass is 35.5. The van der Waals surface area contributed by atoms with Gasteiger partial charge < -0.3 is 10.2 Å². The van der Waals surface area contributed by atoms with Crippen molar-refractivity contribution in [2.75, 3.05) is 24.5 Å². The van der Waals surface area contributed by atoms with Crippen LogP contribution in [0.15, 0.2) is 12.5 Å². The Morgan fingerprint density at radius 2 is 2.28 bits per heavy atom. The Labute approximate surface area is 113 Å². The topological polar surface area (TPSA) is 41.1 Å². The van der Waals surface area contributed by atoms with E-state index in [2.05, 4.69) is 20.2 Å². The molecule has 2 heterocycles. The fourth-order valence-corrected chi connectivity index (χ4v) is 2.81. The zero-order chi connectivity index (χ0) is 12.4. The first kappa shape index (κ1) is 12.2. The average molecular weight is 267 g/mol. The zero-order valence-electron chi connectivity index (χ0n) is 10.5. The highest BCUT2D eigenvalue weighted by molar-refractivity contribution is 6.32. The molecule has 0 bridgehead atoms. The van der Waals surface area contributed by atoms with Gasteiger partial charge in [-0.3, -0.25) is 0 Å². The van der Waals surface area contributed by atoms with Crippen molar-refractivity contribution in [3.05, 3.63) is 17.5 Å². The van der Waals surface area contributed by atoms with Crippen LogP contribution in [0.1, 0.15) is 25.7 Å². The second kappa shape index (κ2) is 5.41. The third-order valence-electron chi connectivity index (χ3n) is 3.74. The van der Waals surface area contributed by atoms with E-state index in [0.717, 1.165) is 31.5 Å². The van der Waals surface area contributed by atoms with Gasteiger partial charge in [0.05, 0.1) is 6.20 Å². The summed E-state index contributed by atoms with van der Waals surface area (Å²) >= 11 is 6.16. The predicted molar refractivity (Wildman–Crippen MR) is 73.0 cm³/mol. The summed E-state index contributed by atoms with van der Waals surface area (Å²) in [5.41, 5.74) is 0. The summed E-state index contributed by atoms with van der Waals surface area (Å²) < 4.78 is 0. The van der Waals surface area contributed by atoms with Crippen LogP contribution in [0.25, 0.3) is 0 Å². The van der Waals surface area contributed by atoms with Crippen molar-refractivity contribution in [2.24, 2.45) is 5.92 Å². The first-order valence-electron chi connectivity index (χ1n) is 6.77. The van der Waals surface area contributed by atoms with Gasteiger partial charge in [-0.15, -0.1) is 0 Å². The molecule has 2 fully saturated rings. The van der Waals surface area contributed by atoms with E-state index in [1.807, 2.05) is 0 Å². The maximum Gasteiger partial charge on any atom is 0.150 e. The third kappa shape index (κ3) is 2.93. The number of rotatable bonds is 4. The van der Waals surface area contributed by atoms with E-state index in [4.69, 9.17) is 11.6 Å². The van der Waals surface area contributed by atoms with Crippen LogP contribution in [-0.4, -0.2) is 35.6 Å². The average Bonchev–Trinajstić information content (AvgIpc) is 3.21. The minimum absolute atomic E-state index is 0.660. The standard InChI is InChI=1S/C13H19ClN4/c14-12-7-15-9-17-13(12)18-5-1-2-10(8-18)6-16-11-3-4-11/h7,9-11,16H,1-6,8H2. The summed E-state index contributed by atoms with van der Waals surface area (Å²) in [6.45, 7) is 3.23. The molecular weight excluding hydrogens is 248 g/mol. The minimum Gasteiger partial charge on any atom is -0.355 e. The quantitative estimate of drug-likeness (QED) is 0.906. The second-order valence-corrected chi connectivity index (χ2v) is 5.74. The molecule has 0 radical (unpaired) electrons. The summed E-state index contributed by atoms with van der Waals surface area (Å²) in [5, 5.41) is 4.28. The normalized spacial score (nSPS) is 24.3. The molecule has 1 unspecified atom stereocenters. The molecule has 1 atom stereocenters. The maximum atomic E-state index is 6.16. The number of piperidine rings is 1. The largest absolute Gasteiger partial charge is 0.355 e. The van der Waals surface area contributed by atoms with E-state index in [-0.39, 0.29) is 0 Å². The van der Waals surface area contributed by atoms with Crippen molar-refractivity contribution in [1.29, 1.82) is 0 Å². The van der Waals surface area contributed by atoms with E-state index < -0.39 is 0 Å². The molecule has 98 valence electrons. The summed E-state index contributed by atoms with van der Waals surface area (Å²) in [5.74, 6) is 1.60. The Morgan fingerprint density at radius 1 is 1.39 bits per heavy atom. The molecule has 1 N–H and O–H groups in total. The van der Waals surface area contributed by atoms with Crippen LogP contribution in [-0.2, 0) is 0 Å². The molecule has 1 aliphatic carbocycles. The van der Waals surface area contributed by atoms with Crippen LogP contribution in [0.2, 0.25) is 5.02 Å². The molecule has 0 amide bonds. The molecular formula is C13H19ClN4. The molecule has 3 rings (SSSR count). The molecule has 2 aliphatic rings. The summed E-state index contributed by atoms with van der Waals surface area (Å²) in [7, 11) is 0. The molecule has 1 aromatic rings. The second-order valence-electron chi connectivity index (χ2n) is 5.33. The molecule has 18 heavy (non-hydrogen) atoms. The number of hydrogen-bond acceptors (Lipinski definition) is 4. The van der Waals surface area contributed by atoms with Crippen LogP contribution in [0.5, 0.6) is 0 Å². The molecule has 0 aromatic carbocycles. The van der Waals surface area contributed by atoms with E-state index in [9.17, 15) is 0 Å². The summed E-state index contributed by atoms with van der Waals surface area (Å²) in [6.07, 6.45) is 8.49. The van der Waals surface area contributed by atoms with Gasteiger partial charge in [0, 0.05) is 19.1 Å². The fraction of sp³-hybridized carbons (Fsp3) is 0.692. The number of aromatic nitrogens is 2. The van der Waals surface area contributed by atoms with Crippen molar-refractivity contribution in [3.63, 3.8) is 0 Å². The number of nitrogens with one attached hydrogen (secondary N) is 1. The minimum atomic E-state index is 0.660. The fourth-order valence-electron chi connectivity index (χ4n) is 2.58. The van der Waals surface area contributed by atoms with Crippen molar-refractivity contribution >= 4 is 17.4 Å². The lowest BCUT2D eigenvalue weighted by atomic mass is 9.98. The Hall–Kier alpha value is -0.870. The van der Waals surface area contributed by atoms with Gasteiger partial charge in [0.1, 0.15) is 11.3 Å². The van der Waals surface area contributed by atoms with Crippen LogP contribution < -0.4 is 10.2 Å². The van der Waals surface area contributed by atoms with E-state index in [0.29, 0.717) is 10.9 Å². The first-order chi connectivity index (χ1) is 8.83. The SMILES string of the molecule is Clc1cncnc1N1CCCC(CNC2CC2)C1. The molecule has 1 saturated heterocycles. The van der Waals surface area contributed by atoms with Gasteiger partial charge >= 0.3 is 0 Å². The number of hydrogen-bond donors (Lipinski definition) is 1. The van der Waals surface area contributed by atoms with Crippen LogP contribution >= 0.6 is 11.6 Å². The molecule has 1 saturated carbocycles. The van der Waals surface area contributed by atoms with Gasteiger partial charge in [-0.1, -0.05) is 11.6 Å². The van der Waals surface area contributed by atoms with Gasteiger partial charge in [-0.2, -0.15) is 0 Å². The predicted octanol–water partition coefficient (Wildman–Crippen LogP) is 2.10. The Balaban J connectivity index is 1.60. The van der Waals surface area contributed by atoms with E-state index in [1.54, 1.807) is 12.5 Å². The number of halogens is 1. The Bertz CT molecular complexity index is 408. The smallest absolute Gasteiger partial charge is 0.150 e. The number of anilines is 1. The molecule has 4 nitrogen and oxygen atoms in total. The van der Waals surface area contributed by atoms with Crippen LogP contribution in [0, 0.1) is 5.92 Å². The van der Waals surface area contributed by atoms with Crippen molar-refractivity contribution in [3.8, 4) is 0 Å². The van der Waals surface area contributed by atoms with Crippen molar-refractivity contribution in [1.82, 2.24) is 15.3 Å². The maximum absolute atomic E-state index is 6.16. The van der Waals surface area contributed by atoms with Gasteiger partial charge in [0.2, 0.25) is 0 Å². The van der Waals surface area contributed by atoms with Crippen LogP contribution in [0.3, 0.4) is 0 Å². The lowest BCUT2D eigenvalue weighted by Crippen LogP contribution is -2.40. The summed E-state index contributed by atoms with van der Waals surface area (Å²) in [6, 6.07) is 0.794. The number of nitrogens with zero attached hydrogens (tertiary/aromatic N) is 3. The Kier molecular flexibility index (Phi) is 3.66. The van der Waals surface area contributed by atoms with E-state index >= 15 is 0 Å². The molecule has 5 heteroatoms. The summed E-state index contributed by atoms with van der Waals surface area (Å²) in [4.78, 5) is 10.5. The molecule has 0 spiro atoms. The van der Waals surface area contributed by atoms with Gasteiger partial charge in [-0.05, 0) is 38.1 Å². The van der Waals surface area contributed by atoms with Gasteiger partial charge in [0.15, 0.2) is 5.82 Å². The lowest BCUT2D eigenvalue weighted by Gasteiger charge is -2.34. The van der Waals surface area contributed by atoms with Gasteiger partial charge in [0.25, 0.3) is 0 Å².